The molecule has 16 heavy (non-hydrogen) atoms. The first-order chi connectivity index (χ1) is 7.55. The number of nitrogens with zero attached hydrogens (tertiary/aromatic N) is 2. The lowest BCUT2D eigenvalue weighted by Gasteiger charge is -2.14. The van der Waals surface area contributed by atoms with Crippen molar-refractivity contribution in [3.05, 3.63) is 22.8 Å². The molecule has 86 valence electrons. The van der Waals surface area contributed by atoms with E-state index in [-0.39, 0.29) is 0 Å². The highest BCUT2D eigenvalue weighted by Crippen LogP contribution is 2.25. The minimum atomic E-state index is -0.706. The van der Waals surface area contributed by atoms with E-state index in [1.807, 2.05) is 12.1 Å². The highest BCUT2D eigenvalue weighted by Gasteiger charge is 2.16. The van der Waals surface area contributed by atoms with Gasteiger partial charge in [0.1, 0.15) is 10.6 Å². The van der Waals surface area contributed by atoms with E-state index in [4.69, 9.17) is 11.0 Å². The Balaban J connectivity index is 2.33. The lowest BCUT2D eigenvalue weighted by atomic mass is 10.0. The maximum absolute atomic E-state index is 8.75. The molecule has 0 aromatic carbocycles. The topological polar surface area (TPSA) is 62.7 Å². The summed E-state index contributed by atoms with van der Waals surface area (Å²) in [6, 6.07) is 5.95. The van der Waals surface area contributed by atoms with E-state index in [1.165, 1.54) is 0 Å². The third-order valence-electron chi connectivity index (χ3n) is 2.06. The summed E-state index contributed by atoms with van der Waals surface area (Å²) < 4.78 is 1.01. The molecule has 0 aliphatic heterocycles. The molecule has 1 heterocycles. The average Bonchev–Trinajstić information content (AvgIpc) is 2.27. The first-order valence-corrected chi connectivity index (χ1v) is 6.76. The second kappa shape index (κ2) is 6.24. The lowest BCUT2D eigenvalue weighted by Crippen LogP contribution is -2.33. The molecule has 2 N–H and O–H groups in total. The Morgan fingerprint density at radius 1 is 1.69 bits per heavy atom. The molecule has 1 aromatic heterocycles. The summed E-state index contributed by atoms with van der Waals surface area (Å²) in [5, 5.41) is 9.74. The van der Waals surface area contributed by atoms with Crippen molar-refractivity contribution in [2.24, 2.45) is 5.73 Å². The quantitative estimate of drug-likeness (QED) is 0.671. The van der Waals surface area contributed by atoms with Crippen molar-refractivity contribution in [2.75, 3.05) is 5.75 Å². The van der Waals surface area contributed by atoms with Crippen LogP contribution in [-0.2, 0) is 0 Å². The molecule has 1 unspecified atom stereocenters. The zero-order chi connectivity index (χ0) is 12.0. The fraction of sp³-hybridized carbons (Fsp3) is 0.455. The van der Waals surface area contributed by atoms with Gasteiger partial charge < -0.3 is 5.73 Å². The predicted molar refractivity (Wildman–Crippen MR) is 70.1 cm³/mol. The van der Waals surface area contributed by atoms with Crippen LogP contribution in [0.2, 0.25) is 0 Å². The SMILES string of the molecule is CC(N)(C#N)CCCSc1ncccc1Br. The zero-order valence-electron chi connectivity index (χ0n) is 9.11. The second-order valence-corrected chi connectivity index (χ2v) is 5.71. The van der Waals surface area contributed by atoms with Crippen LogP contribution < -0.4 is 5.73 Å². The molecule has 1 atom stereocenters. The highest BCUT2D eigenvalue weighted by atomic mass is 79.9. The zero-order valence-corrected chi connectivity index (χ0v) is 11.5. The fourth-order valence-electron chi connectivity index (χ4n) is 1.14. The van der Waals surface area contributed by atoms with Gasteiger partial charge in [0, 0.05) is 10.7 Å². The van der Waals surface area contributed by atoms with Crippen LogP contribution >= 0.6 is 27.7 Å². The van der Waals surface area contributed by atoms with E-state index < -0.39 is 5.54 Å². The molecular formula is C11H14BrN3S. The third-order valence-corrected chi connectivity index (χ3v) is 4.05. The van der Waals surface area contributed by atoms with Gasteiger partial charge in [-0.1, -0.05) is 0 Å². The number of rotatable bonds is 5. The van der Waals surface area contributed by atoms with Gasteiger partial charge >= 0.3 is 0 Å². The van der Waals surface area contributed by atoms with Crippen molar-refractivity contribution in [3.8, 4) is 6.07 Å². The molecule has 0 fully saturated rings. The number of aromatic nitrogens is 1. The van der Waals surface area contributed by atoms with Crippen molar-refractivity contribution >= 4 is 27.7 Å². The van der Waals surface area contributed by atoms with Gasteiger partial charge in [-0.3, -0.25) is 0 Å². The maximum atomic E-state index is 8.75. The highest BCUT2D eigenvalue weighted by molar-refractivity contribution is 9.10. The molecule has 0 amide bonds. The van der Waals surface area contributed by atoms with Crippen molar-refractivity contribution in [3.63, 3.8) is 0 Å². The van der Waals surface area contributed by atoms with E-state index in [0.29, 0.717) is 6.42 Å². The Kier molecular flexibility index (Phi) is 5.26. The van der Waals surface area contributed by atoms with Gasteiger partial charge in [-0.2, -0.15) is 5.26 Å². The van der Waals surface area contributed by atoms with Crippen LogP contribution in [0.5, 0.6) is 0 Å². The molecule has 0 spiro atoms. The third kappa shape index (κ3) is 4.52. The Hall–Kier alpha value is -0.570. The smallest absolute Gasteiger partial charge is 0.110 e. The van der Waals surface area contributed by atoms with Crippen molar-refractivity contribution in [2.45, 2.75) is 30.3 Å². The van der Waals surface area contributed by atoms with Gasteiger partial charge in [0.2, 0.25) is 0 Å². The van der Waals surface area contributed by atoms with E-state index >= 15 is 0 Å². The molecule has 3 nitrogen and oxygen atoms in total. The summed E-state index contributed by atoms with van der Waals surface area (Å²) >= 11 is 5.12. The van der Waals surface area contributed by atoms with E-state index in [9.17, 15) is 0 Å². The predicted octanol–water partition coefficient (Wildman–Crippen LogP) is 2.96. The summed E-state index contributed by atoms with van der Waals surface area (Å²) in [6.07, 6.45) is 3.39. The first-order valence-electron chi connectivity index (χ1n) is 4.98. The summed E-state index contributed by atoms with van der Waals surface area (Å²) in [5.41, 5.74) is 5.02. The Bertz CT molecular complexity index is 387. The molecule has 0 saturated heterocycles. The van der Waals surface area contributed by atoms with Crippen LogP contribution in [-0.4, -0.2) is 16.3 Å². The summed E-state index contributed by atoms with van der Waals surface area (Å²) in [7, 11) is 0. The van der Waals surface area contributed by atoms with Crippen LogP contribution in [0.1, 0.15) is 19.8 Å². The monoisotopic (exact) mass is 299 g/mol. The lowest BCUT2D eigenvalue weighted by molar-refractivity contribution is 0.540. The number of hydrogen-bond acceptors (Lipinski definition) is 4. The number of hydrogen-bond donors (Lipinski definition) is 1. The van der Waals surface area contributed by atoms with Crippen LogP contribution in [0.3, 0.4) is 0 Å². The Morgan fingerprint density at radius 2 is 2.44 bits per heavy atom. The first kappa shape index (κ1) is 13.5. The number of pyridine rings is 1. The Morgan fingerprint density at radius 3 is 3.06 bits per heavy atom. The van der Waals surface area contributed by atoms with Crippen LogP contribution in [0.4, 0.5) is 0 Å². The van der Waals surface area contributed by atoms with Crippen LogP contribution in [0.25, 0.3) is 0 Å². The summed E-state index contributed by atoms with van der Waals surface area (Å²) in [5.74, 6) is 0.921. The molecule has 0 saturated carbocycles. The minimum Gasteiger partial charge on any atom is -0.314 e. The molecule has 0 aliphatic rings. The number of halogens is 1. The summed E-state index contributed by atoms with van der Waals surface area (Å²) in [4.78, 5) is 4.25. The van der Waals surface area contributed by atoms with E-state index in [1.54, 1.807) is 24.9 Å². The van der Waals surface area contributed by atoms with Gasteiger partial charge in [-0.25, -0.2) is 4.98 Å². The maximum Gasteiger partial charge on any atom is 0.110 e. The largest absolute Gasteiger partial charge is 0.314 e. The van der Waals surface area contributed by atoms with E-state index in [0.717, 1.165) is 21.7 Å². The molecule has 0 aliphatic carbocycles. The molecule has 0 radical (unpaired) electrons. The van der Waals surface area contributed by atoms with Crippen molar-refractivity contribution < 1.29 is 0 Å². The second-order valence-electron chi connectivity index (χ2n) is 3.77. The molecule has 1 aromatic rings. The van der Waals surface area contributed by atoms with Crippen LogP contribution in [0.15, 0.2) is 27.8 Å². The van der Waals surface area contributed by atoms with Crippen molar-refractivity contribution in [1.29, 1.82) is 5.26 Å². The normalized spacial score (nSPS) is 14.1. The van der Waals surface area contributed by atoms with Crippen LogP contribution in [0, 0.1) is 11.3 Å². The minimum absolute atomic E-state index is 0.706. The molecule has 1 rings (SSSR count). The van der Waals surface area contributed by atoms with Crippen molar-refractivity contribution in [1.82, 2.24) is 4.98 Å². The van der Waals surface area contributed by atoms with Gasteiger partial charge in [0.15, 0.2) is 0 Å². The van der Waals surface area contributed by atoms with Gasteiger partial charge in [-0.05, 0) is 53.6 Å². The Labute approximate surface area is 109 Å². The van der Waals surface area contributed by atoms with Gasteiger partial charge in [0.25, 0.3) is 0 Å². The van der Waals surface area contributed by atoms with E-state index in [2.05, 4.69) is 27.0 Å². The fourth-order valence-corrected chi connectivity index (χ4v) is 2.56. The van der Waals surface area contributed by atoms with Gasteiger partial charge in [-0.15, -0.1) is 11.8 Å². The molecular weight excluding hydrogens is 286 g/mol. The summed E-state index contributed by atoms with van der Waals surface area (Å²) in [6.45, 7) is 1.76. The van der Waals surface area contributed by atoms with Gasteiger partial charge in [0.05, 0.1) is 6.07 Å². The number of nitrogens with two attached hydrogens (primary N) is 1. The standard InChI is InChI=1S/C11H14BrN3S/c1-11(14,8-13)5-3-7-16-10-9(12)4-2-6-15-10/h2,4,6H,3,5,7,14H2,1H3. The average molecular weight is 300 g/mol. The number of thioether (sulfide) groups is 1. The number of nitriles is 1. The molecule has 5 heteroatoms. The molecule has 0 bridgehead atoms.